The van der Waals surface area contributed by atoms with Crippen LogP contribution in [0.3, 0.4) is 0 Å². The SMILES string of the molecule is Cc1nc(N[C@H](C)c2cccc(C(F)(F)C(=O)C(C)(C)C)c2F)c2cc(Br)ncc2n1. The highest BCUT2D eigenvalue weighted by molar-refractivity contribution is 9.10. The molecule has 0 aliphatic heterocycles. The van der Waals surface area contributed by atoms with E-state index in [1.54, 1.807) is 26.1 Å². The summed E-state index contributed by atoms with van der Waals surface area (Å²) in [6, 6.07) is 4.67. The standard InChI is InChI=1S/C22H22BrF3N4O/c1-11(28-19-14-9-17(23)27-10-16(14)29-12(2)30-19)13-7-6-8-15(18(13)24)22(25,26)20(31)21(3,4)5/h6-11H,1-5H3,(H,28,29,30)/t11-/m1/s1. The number of carbonyl (C=O) groups excluding carboxylic acids is 1. The Morgan fingerprint density at radius 1 is 1.19 bits per heavy atom. The Labute approximate surface area is 186 Å². The van der Waals surface area contributed by atoms with Gasteiger partial charge in [-0.15, -0.1) is 0 Å². The van der Waals surface area contributed by atoms with Crippen molar-refractivity contribution in [2.45, 2.75) is 46.6 Å². The minimum absolute atomic E-state index is 0.00331. The van der Waals surface area contributed by atoms with Crippen LogP contribution in [0.1, 0.15) is 50.7 Å². The number of Topliss-reactive ketones (excluding diaryl/α,β-unsaturated/α-hetero) is 1. The molecule has 1 atom stereocenters. The molecule has 3 rings (SSSR count). The van der Waals surface area contributed by atoms with Gasteiger partial charge in [-0.05, 0) is 41.9 Å². The van der Waals surface area contributed by atoms with E-state index in [4.69, 9.17) is 0 Å². The van der Waals surface area contributed by atoms with Crippen molar-refractivity contribution in [3.05, 3.63) is 57.8 Å². The summed E-state index contributed by atoms with van der Waals surface area (Å²) in [5, 5.41) is 3.72. The summed E-state index contributed by atoms with van der Waals surface area (Å²) in [6.07, 6.45) is 1.57. The van der Waals surface area contributed by atoms with Gasteiger partial charge < -0.3 is 5.32 Å². The van der Waals surface area contributed by atoms with Gasteiger partial charge >= 0.3 is 5.92 Å². The van der Waals surface area contributed by atoms with Gasteiger partial charge in [-0.3, -0.25) is 4.79 Å². The number of nitrogens with one attached hydrogen (secondary N) is 1. The fourth-order valence-corrected chi connectivity index (χ4v) is 3.57. The van der Waals surface area contributed by atoms with Crippen LogP contribution in [-0.4, -0.2) is 20.7 Å². The molecule has 164 valence electrons. The zero-order chi connectivity index (χ0) is 23.1. The Morgan fingerprint density at radius 2 is 1.87 bits per heavy atom. The number of halogens is 4. The smallest absolute Gasteiger partial charge is 0.333 e. The number of ketones is 1. The minimum atomic E-state index is -3.95. The van der Waals surface area contributed by atoms with Crippen LogP contribution in [-0.2, 0) is 10.7 Å². The number of hydrogen-bond donors (Lipinski definition) is 1. The first kappa shape index (κ1) is 23.1. The lowest BCUT2D eigenvalue weighted by molar-refractivity contribution is -0.153. The highest BCUT2D eigenvalue weighted by Crippen LogP contribution is 2.39. The fraction of sp³-hybridized carbons (Fsp3) is 0.364. The Kier molecular flexibility index (Phi) is 6.10. The number of pyridine rings is 1. The van der Waals surface area contributed by atoms with Crippen LogP contribution in [0.5, 0.6) is 0 Å². The third kappa shape index (κ3) is 4.56. The van der Waals surface area contributed by atoms with Crippen LogP contribution in [0.4, 0.5) is 19.0 Å². The number of rotatable bonds is 5. The minimum Gasteiger partial charge on any atom is -0.363 e. The highest BCUT2D eigenvalue weighted by atomic mass is 79.9. The molecule has 0 aliphatic carbocycles. The maximum atomic E-state index is 15.2. The van der Waals surface area contributed by atoms with Gasteiger partial charge in [0.05, 0.1) is 23.3 Å². The topological polar surface area (TPSA) is 67.8 Å². The Morgan fingerprint density at radius 3 is 2.52 bits per heavy atom. The van der Waals surface area contributed by atoms with Gasteiger partial charge in [0.2, 0.25) is 5.78 Å². The lowest BCUT2D eigenvalue weighted by Crippen LogP contribution is -2.37. The van der Waals surface area contributed by atoms with Crippen molar-refractivity contribution < 1.29 is 18.0 Å². The molecule has 0 fully saturated rings. The molecule has 0 unspecified atom stereocenters. The molecule has 2 heterocycles. The molecule has 9 heteroatoms. The number of alkyl halides is 2. The summed E-state index contributed by atoms with van der Waals surface area (Å²) in [6.45, 7) is 7.47. The van der Waals surface area contributed by atoms with Gasteiger partial charge in [-0.2, -0.15) is 8.78 Å². The van der Waals surface area contributed by atoms with E-state index in [0.717, 1.165) is 6.07 Å². The van der Waals surface area contributed by atoms with Crippen molar-refractivity contribution in [3.8, 4) is 0 Å². The maximum absolute atomic E-state index is 15.2. The van der Waals surface area contributed by atoms with E-state index in [-0.39, 0.29) is 5.56 Å². The first-order valence-electron chi connectivity index (χ1n) is 9.60. The van der Waals surface area contributed by atoms with Gasteiger partial charge in [-0.1, -0.05) is 32.9 Å². The maximum Gasteiger partial charge on any atom is 0.333 e. The number of benzene rings is 1. The van der Waals surface area contributed by atoms with Gasteiger partial charge in [0.1, 0.15) is 22.1 Å². The first-order chi connectivity index (χ1) is 14.3. The monoisotopic (exact) mass is 494 g/mol. The van der Waals surface area contributed by atoms with Gasteiger partial charge in [0.25, 0.3) is 0 Å². The lowest BCUT2D eigenvalue weighted by Gasteiger charge is -2.26. The Hall–Kier alpha value is -2.55. The van der Waals surface area contributed by atoms with Crippen LogP contribution < -0.4 is 5.32 Å². The van der Waals surface area contributed by atoms with E-state index in [1.165, 1.54) is 32.9 Å². The summed E-state index contributed by atoms with van der Waals surface area (Å²) in [4.78, 5) is 25.1. The average molecular weight is 495 g/mol. The molecule has 3 aromatic rings. The van der Waals surface area contributed by atoms with E-state index in [9.17, 15) is 13.6 Å². The van der Waals surface area contributed by atoms with Crippen LogP contribution in [0, 0.1) is 18.2 Å². The molecule has 0 spiro atoms. The second-order valence-electron chi connectivity index (χ2n) is 8.37. The summed E-state index contributed by atoms with van der Waals surface area (Å²) < 4.78 is 45.5. The highest BCUT2D eigenvalue weighted by Gasteiger charge is 2.48. The third-order valence-electron chi connectivity index (χ3n) is 4.81. The molecule has 0 amide bonds. The zero-order valence-electron chi connectivity index (χ0n) is 17.7. The summed E-state index contributed by atoms with van der Waals surface area (Å²) in [5.41, 5.74) is -1.68. The van der Waals surface area contributed by atoms with Crippen molar-refractivity contribution in [2.75, 3.05) is 5.32 Å². The van der Waals surface area contributed by atoms with Crippen LogP contribution >= 0.6 is 15.9 Å². The number of fused-ring (bicyclic) bond motifs is 1. The molecule has 31 heavy (non-hydrogen) atoms. The molecule has 5 nitrogen and oxygen atoms in total. The number of anilines is 1. The quantitative estimate of drug-likeness (QED) is 0.433. The number of hydrogen-bond acceptors (Lipinski definition) is 5. The lowest BCUT2D eigenvalue weighted by atomic mass is 9.84. The molecule has 2 aromatic heterocycles. The summed E-state index contributed by atoms with van der Waals surface area (Å²) in [7, 11) is 0. The number of aromatic nitrogens is 3. The number of aryl methyl sites for hydroxylation is 1. The molecule has 1 N–H and O–H groups in total. The van der Waals surface area contributed by atoms with Crippen molar-refractivity contribution in [3.63, 3.8) is 0 Å². The number of carbonyl (C=O) groups is 1. The van der Waals surface area contributed by atoms with Crippen molar-refractivity contribution >= 4 is 38.4 Å². The molecule has 0 aliphatic rings. The van der Waals surface area contributed by atoms with E-state index in [1.807, 2.05) is 0 Å². The van der Waals surface area contributed by atoms with Crippen LogP contribution in [0.15, 0.2) is 35.1 Å². The molecule has 1 aromatic carbocycles. The average Bonchev–Trinajstić information content (AvgIpc) is 2.67. The van der Waals surface area contributed by atoms with Crippen molar-refractivity contribution in [1.82, 2.24) is 15.0 Å². The Bertz CT molecular complexity index is 1160. The Balaban J connectivity index is 2.02. The van der Waals surface area contributed by atoms with E-state index >= 15 is 4.39 Å². The van der Waals surface area contributed by atoms with E-state index in [2.05, 4.69) is 36.2 Å². The molecular weight excluding hydrogens is 473 g/mol. The molecule has 0 saturated carbocycles. The normalized spacial score (nSPS) is 13.3. The predicted octanol–water partition coefficient (Wildman–Crippen LogP) is 6.11. The van der Waals surface area contributed by atoms with Gasteiger partial charge in [0, 0.05) is 16.4 Å². The van der Waals surface area contributed by atoms with Crippen LogP contribution in [0.25, 0.3) is 10.9 Å². The third-order valence-corrected chi connectivity index (χ3v) is 5.25. The first-order valence-corrected chi connectivity index (χ1v) is 10.4. The largest absolute Gasteiger partial charge is 0.363 e. The molecule has 0 bridgehead atoms. The second-order valence-corrected chi connectivity index (χ2v) is 9.18. The number of nitrogens with zero attached hydrogens (tertiary/aromatic N) is 3. The fourth-order valence-electron chi connectivity index (χ4n) is 3.24. The summed E-state index contributed by atoms with van der Waals surface area (Å²) in [5.74, 6) is -5.52. The molecule has 0 radical (unpaired) electrons. The van der Waals surface area contributed by atoms with E-state index < -0.39 is 34.5 Å². The molecular formula is C22H22BrF3N4O. The second kappa shape index (κ2) is 8.18. The predicted molar refractivity (Wildman–Crippen MR) is 117 cm³/mol. The summed E-state index contributed by atoms with van der Waals surface area (Å²) >= 11 is 3.30. The van der Waals surface area contributed by atoms with E-state index in [0.29, 0.717) is 27.1 Å². The zero-order valence-corrected chi connectivity index (χ0v) is 19.3. The van der Waals surface area contributed by atoms with Crippen molar-refractivity contribution in [2.24, 2.45) is 5.41 Å². The van der Waals surface area contributed by atoms with Crippen LogP contribution in [0.2, 0.25) is 0 Å². The van der Waals surface area contributed by atoms with Gasteiger partial charge in [-0.25, -0.2) is 19.3 Å². The van der Waals surface area contributed by atoms with Crippen molar-refractivity contribution in [1.29, 1.82) is 0 Å². The molecule has 0 saturated heterocycles. The van der Waals surface area contributed by atoms with Gasteiger partial charge in [0.15, 0.2) is 0 Å².